The normalized spacial score (nSPS) is 10.2. The van der Waals surface area contributed by atoms with Crippen molar-refractivity contribution in [2.75, 3.05) is 10.6 Å². The lowest BCUT2D eigenvalue weighted by atomic mass is 10.3. The monoisotopic (exact) mass is 298 g/mol. The van der Waals surface area contributed by atoms with Gasteiger partial charge in [-0.25, -0.2) is 24.1 Å². The number of anilines is 2. The quantitative estimate of drug-likeness (QED) is 0.777. The summed E-state index contributed by atoms with van der Waals surface area (Å²) in [4.78, 5) is 23.9. The van der Waals surface area contributed by atoms with E-state index in [1.165, 1.54) is 30.6 Å². The second-order valence-electron chi connectivity index (χ2n) is 4.33. The van der Waals surface area contributed by atoms with Crippen molar-refractivity contribution in [2.45, 2.75) is 0 Å². The number of imidazole rings is 1. The Morgan fingerprint density at radius 2 is 1.91 bits per heavy atom. The van der Waals surface area contributed by atoms with E-state index >= 15 is 0 Å². The molecule has 22 heavy (non-hydrogen) atoms. The van der Waals surface area contributed by atoms with Crippen molar-refractivity contribution in [2.24, 2.45) is 0 Å². The van der Waals surface area contributed by atoms with Crippen LogP contribution in [-0.2, 0) is 0 Å². The van der Waals surface area contributed by atoms with Crippen LogP contribution in [-0.4, -0.2) is 25.6 Å². The smallest absolute Gasteiger partial charge is 0.308 e. The van der Waals surface area contributed by atoms with Gasteiger partial charge in [0.2, 0.25) is 5.95 Å². The van der Waals surface area contributed by atoms with E-state index in [0.29, 0.717) is 17.3 Å². The van der Waals surface area contributed by atoms with Gasteiger partial charge in [-0.1, -0.05) is 6.07 Å². The molecule has 0 spiro atoms. The first-order chi connectivity index (χ1) is 10.7. The Balaban J connectivity index is 1.64. The minimum atomic E-state index is -0.510. The number of halogens is 1. The zero-order valence-electron chi connectivity index (χ0n) is 11.3. The van der Waals surface area contributed by atoms with Crippen LogP contribution in [0.5, 0.6) is 0 Å². The molecule has 0 aliphatic rings. The molecule has 2 aromatic heterocycles. The van der Waals surface area contributed by atoms with Crippen molar-refractivity contribution < 1.29 is 9.18 Å². The topological polar surface area (TPSA) is 84.7 Å². The van der Waals surface area contributed by atoms with Gasteiger partial charge in [0.25, 0.3) is 0 Å². The molecule has 8 heteroatoms. The van der Waals surface area contributed by atoms with Crippen molar-refractivity contribution in [3.63, 3.8) is 0 Å². The highest BCUT2D eigenvalue weighted by molar-refractivity contribution is 5.99. The highest BCUT2D eigenvalue weighted by Crippen LogP contribution is 2.10. The Kier molecular flexibility index (Phi) is 3.73. The van der Waals surface area contributed by atoms with E-state index in [0.717, 1.165) is 0 Å². The van der Waals surface area contributed by atoms with Crippen molar-refractivity contribution in [3.05, 3.63) is 61.2 Å². The molecule has 0 aliphatic carbocycles. The van der Waals surface area contributed by atoms with E-state index in [1.54, 1.807) is 29.4 Å². The van der Waals surface area contributed by atoms with Crippen LogP contribution in [0, 0.1) is 5.82 Å². The van der Waals surface area contributed by atoms with Crippen LogP contribution < -0.4 is 10.6 Å². The standard InChI is InChI=1S/C14H11FN6O/c15-10-2-1-3-11(6-10)19-14(22)20-12-7-17-13(18-8-12)21-5-4-16-9-21/h1-9H,(H2,19,20,22). The minimum Gasteiger partial charge on any atom is -0.308 e. The predicted molar refractivity (Wildman–Crippen MR) is 78.2 cm³/mol. The highest BCUT2D eigenvalue weighted by atomic mass is 19.1. The molecule has 0 aliphatic heterocycles. The van der Waals surface area contributed by atoms with Gasteiger partial charge in [-0.15, -0.1) is 0 Å². The molecule has 2 heterocycles. The molecule has 0 unspecified atom stereocenters. The van der Waals surface area contributed by atoms with E-state index < -0.39 is 11.8 Å². The Labute approximate surface area is 124 Å². The van der Waals surface area contributed by atoms with E-state index in [9.17, 15) is 9.18 Å². The van der Waals surface area contributed by atoms with Crippen LogP contribution >= 0.6 is 0 Å². The number of aromatic nitrogens is 4. The van der Waals surface area contributed by atoms with Gasteiger partial charge in [-0.05, 0) is 18.2 Å². The number of nitrogens with one attached hydrogen (secondary N) is 2. The van der Waals surface area contributed by atoms with Gasteiger partial charge in [0.05, 0.1) is 18.1 Å². The summed E-state index contributed by atoms with van der Waals surface area (Å²) in [5.74, 6) is 0.0133. The molecule has 0 saturated heterocycles. The summed E-state index contributed by atoms with van der Waals surface area (Å²) in [7, 11) is 0. The molecule has 0 radical (unpaired) electrons. The summed E-state index contributed by atoms with van der Waals surface area (Å²) >= 11 is 0. The van der Waals surface area contributed by atoms with Crippen LogP contribution in [0.2, 0.25) is 0 Å². The van der Waals surface area contributed by atoms with E-state index in [1.807, 2.05) is 0 Å². The van der Waals surface area contributed by atoms with Crippen molar-refractivity contribution in [1.82, 2.24) is 19.5 Å². The summed E-state index contributed by atoms with van der Waals surface area (Å²) in [5, 5.41) is 5.07. The number of rotatable bonds is 3. The summed E-state index contributed by atoms with van der Waals surface area (Å²) in [5.41, 5.74) is 0.770. The Hall–Kier alpha value is -3.29. The highest BCUT2D eigenvalue weighted by Gasteiger charge is 2.05. The number of benzene rings is 1. The summed E-state index contributed by atoms with van der Waals surface area (Å²) < 4.78 is 14.7. The first-order valence-corrected chi connectivity index (χ1v) is 6.35. The Bertz CT molecular complexity index is 772. The third-order valence-electron chi connectivity index (χ3n) is 2.71. The largest absolute Gasteiger partial charge is 0.323 e. The van der Waals surface area contributed by atoms with E-state index in [-0.39, 0.29) is 0 Å². The number of hydrogen-bond acceptors (Lipinski definition) is 4. The number of carbonyl (C=O) groups excluding carboxylic acids is 1. The molecular weight excluding hydrogens is 287 g/mol. The molecule has 0 atom stereocenters. The van der Waals surface area contributed by atoms with Gasteiger partial charge in [0.15, 0.2) is 0 Å². The van der Waals surface area contributed by atoms with Crippen LogP contribution in [0.3, 0.4) is 0 Å². The maximum atomic E-state index is 13.0. The maximum Gasteiger partial charge on any atom is 0.323 e. The molecular formula is C14H11FN6O. The number of hydrogen-bond donors (Lipinski definition) is 2. The lowest BCUT2D eigenvalue weighted by Crippen LogP contribution is -2.19. The van der Waals surface area contributed by atoms with E-state index in [4.69, 9.17) is 0 Å². The number of nitrogens with zero attached hydrogens (tertiary/aromatic N) is 4. The van der Waals surface area contributed by atoms with Crippen molar-refractivity contribution >= 4 is 17.4 Å². The average Bonchev–Trinajstić information content (AvgIpc) is 3.02. The van der Waals surface area contributed by atoms with E-state index in [2.05, 4.69) is 25.6 Å². The fourth-order valence-corrected chi connectivity index (χ4v) is 1.76. The summed E-state index contributed by atoms with van der Waals surface area (Å²) in [6.07, 6.45) is 7.82. The predicted octanol–water partition coefficient (Wildman–Crippen LogP) is 2.45. The summed E-state index contributed by atoms with van der Waals surface area (Å²) in [6, 6.07) is 5.10. The zero-order valence-corrected chi connectivity index (χ0v) is 11.3. The molecule has 1 aromatic carbocycles. The van der Waals surface area contributed by atoms with Crippen LogP contribution in [0.15, 0.2) is 55.4 Å². The van der Waals surface area contributed by atoms with Gasteiger partial charge in [0, 0.05) is 18.1 Å². The molecule has 2 amide bonds. The maximum absolute atomic E-state index is 13.0. The van der Waals surface area contributed by atoms with Crippen molar-refractivity contribution in [3.8, 4) is 5.95 Å². The van der Waals surface area contributed by atoms with Crippen molar-refractivity contribution in [1.29, 1.82) is 0 Å². The van der Waals surface area contributed by atoms with Gasteiger partial charge in [-0.3, -0.25) is 4.57 Å². The molecule has 3 aromatic rings. The third-order valence-corrected chi connectivity index (χ3v) is 2.71. The first-order valence-electron chi connectivity index (χ1n) is 6.35. The van der Waals surface area contributed by atoms with Gasteiger partial charge < -0.3 is 10.6 Å². The zero-order chi connectivity index (χ0) is 15.4. The third kappa shape index (κ3) is 3.23. The Morgan fingerprint density at radius 1 is 1.14 bits per heavy atom. The Morgan fingerprint density at radius 3 is 2.59 bits per heavy atom. The molecule has 0 saturated carbocycles. The van der Waals surface area contributed by atoms with Crippen LogP contribution in [0.4, 0.5) is 20.6 Å². The minimum absolute atomic E-state index is 0.355. The SMILES string of the molecule is O=C(Nc1cnc(-n2ccnc2)nc1)Nc1cccc(F)c1. The van der Waals surface area contributed by atoms with Crippen LogP contribution in [0.1, 0.15) is 0 Å². The molecule has 3 rings (SSSR count). The molecule has 110 valence electrons. The summed E-state index contributed by atoms with van der Waals surface area (Å²) in [6.45, 7) is 0. The van der Waals surface area contributed by atoms with Crippen LogP contribution in [0.25, 0.3) is 5.95 Å². The molecule has 0 bridgehead atoms. The number of urea groups is 1. The number of amides is 2. The number of carbonyl (C=O) groups is 1. The fraction of sp³-hybridized carbons (Fsp3) is 0. The lowest BCUT2D eigenvalue weighted by Gasteiger charge is -2.07. The molecule has 7 nitrogen and oxygen atoms in total. The lowest BCUT2D eigenvalue weighted by molar-refractivity contribution is 0.262. The molecule has 2 N–H and O–H groups in total. The van der Waals surface area contributed by atoms with Gasteiger partial charge in [-0.2, -0.15) is 0 Å². The van der Waals surface area contributed by atoms with Gasteiger partial charge in [0.1, 0.15) is 12.1 Å². The molecule has 0 fully saturated rings. The fourth-order valence-electron chi connectivity index (χ4n) is 1.76. The average molecular weight is 298 g/mol. The second kappa shape index (κ2) is 6.00. The second-order valence-corrected chi connectivity index (χ2v) is 4.33. The first kappa shape index (κ1) is 13.7. The van der Waals surface area contributed by atoms with Gasteiger partial charge >= 0.3 is 6.03 Å².